The molecule has 40 heavy (non-hydrogen) atoms. The highest BCUT2D eigenvalue weighted by molar-refractivity contribution is 7.91. The van der Waals surface area contributed by atoms with E-state index in [0.717, 1.165) is 0 Å². The summed E-state index contributed by atoms with van der Waals surface area (Å²) in [6.45, 7) is 0. The van der Waals surface area contributed by atoms with Crippen molar-refractivity contribution in [3.63, 3.8) is 0 Å². The molecule has 11 heteroatoms. The van der Waals surface area contributed by atoms with E-state index in [1.54, 1.807) is 84.9 Å². The van der Waals surface area contributed by atoms with Crippen LogP contribution in [0.2, 0.25) is 5.02 Å². The zero-order valence-electron chi connectivity index (χ0n) is 21.5. The Kier molecular flexibility index (Phi) is 7.92. The van der Waals surface area contributed by atoms with Gasteiger partial charge in [0.2, 0.25) is 10.0 Å². The molecule has 1 amide bonds. The van der Waals surface area contributed by atoms with Crippen LogP contribution in [0.15, 0.2) is 91.0 Å². The molecule has 1 N–H and O–H groups in total. The Hall–Kier alpha value is -4.12. The van der Waals surface area contributed by atoms with Gasteiger partial charge in [0.05, 0.1) is 52.1 Å². The number of hydrogen-bond acceptors (Lipinski definition) is 7. The van der Waals surface area contributed by atoms with Gasteiger partial charge in [0.15, 0.2) is 16.6 Å². The van der Waals surface area contributed by atoms with Crippen molar-refractivity contribution in [2.24, 2.45) is 0 Å². The lowest BCUT2D eigenvalue weighted by molar-refractivity contribution is 0.0999. The molecule has 204 valence electrons. The number of halogens is 1. The normalized spacial score (nSPS) is 11.3. The largest absolute Gasteiger partial charge is 0.493 e. The molecule has 0 bridgehead atoms. The van der Waals surface area contributed by atoms with Crippen molar-refractivity contribution >= 4 is 65.6 Å². The maximum atomic E-state index is 13.9. The van der Waals surface area contributed by atoms with Crippen LogP contribution in [0.3, 0.4) is 0 Å². The molecule has 0 fully saturated rings. The summed E-state index contributed by atoms with van der Waals surface area (Å²) < 4.78 is 39.7. The first-order valence-corrected chi connectivity index (χ1v) is 14.9. The molecule has 8 nitrogen and oxygen atoms in total. The number of amides is 1. The summed E-state index contributed by atoms with van der Waals surface area (Å²) in [5, 5.41) is 0.672. The Morgan fingerprint density at radius 1 is 0.925 bits per heavy atom. The minimum atomic E-state index is -3.65. The molecule has 0 spiro atoms. The highest BCUT2D eigenvalue weighted by atomic mass is 35.5. The quantitative estimate of drug-likeness (QED) is 0.200. The lowest BCUT2D eigenvalue weighted by atomic mass is 10.1. The second-order valence-electron chi connectivity index (χ2n) is 8.69. The number of carbonyl (C=O) groups is 1. The van der Waals surface area contributed by atoms with Crippen molar-refractivity contribution in [3.05, 3.63) is 107 Å². The van der Waals surface area contributed by atoms with E-state index in [9.17, 15) is 13.2 Å². The van der Waals surface area contributed by atoms with Gasteiger partial charge in [0, 0.05) is 6.07 Å². The molecule has 0 atom stereocenters. The summed E-state index contributed by atoms with van der Waals surface area (Å²) in [5.74, 6) is 0.404. The van der Waals surface area contributed by atoms with Crippen molar-refractivity contribution < 1.29 is 22.7 Å². The maximum absolute atomic E-state index is 13.9. The predicted octanol–water partition coefficient (Wildman–Crippen LogP) is 6.89. The van der Waals surface area contributed by atoms with Crippen LogP contribution in [0.4, 0.5) is 16.5 Å². The van der Waals surface area contributed by atoms with Crippen molar-refractivity contribution in [1.29, 1.82) is 0 Å². The number of hydrogen-bond donors (Lipinski definition) is 1. The van der Waals surface area contributed by atoms with Crippen molar-refractivity contribution in [3.8, 4) is 11.5 Å². The molecular formula is C29H24ClN3O5S2. The van der Waals surface area contributed by atoms with E-state index in [4.69, 9.17) is 26.1 Å². The number of nitrogens with one attached hydrogen (secondary N) is 1. The Labute approximate surface area is 240 Å². The minimum absolute atomic E-state index is 0.154. The summed E-state index contributed by atoms with van der Waals surface area (Å²) in [5.41, 5.74) is 2.47. The monoisotopic (exact) mass is 593 g/mol. The summed E-state index contributed by atoms with van der Waals surface area (Å²) in [6.07, 6.45) is 0. The lowest BCUT2D eigenvalue weighted by Crippen LogP contribution is -2.26. The Balaban J connectivity index is 1.53. The van der Waals surface area contributed by atoms with Gasteiger partial charge in [-0.15, -0.1) is 0 Å². The number of ether oxygens (including phenoxy) is 2. The third-order valence-electron chi connectivity index (χ3n) is 5.97. The number of methoxy groups -OCH3 is 2. The number of fused-ring (bicyclic) bond motifs is 1. The fraction of sp³-hybridized carbons (Fsp3) is 0.103. The highest BCUT2D eigenvalue weighted by Gasteiger charge is 2.26. The first-order chi connectivity index (χ1) is 19.3. The standard InChI is InChI=1S/C29H24ClN3O5S2/c1-37-25-15-13-21(17-26(25)38-2)33(28(34)22-10-6-7-11-23(22)30)29-31-24-14-12-20(16-27(24)39-29)32-40(35,36)18-19-8-4-3-5-9-19/h3-17,32H,18H2,1-2H3. The van der Waals surface area contributed by atoms with Crippen LogP contribution >= 0.6 is 22.9 Å². The number of anilines is 3. The molecule has 1 heterocycles. The Bertz CT molecular complexity index is 1790. The third kappa shape index (κ3) is 5.89. The van der Waals surface area contributed by atoms with Gasteiger partial charge in [0.1, 0.15) is 0 Å². The van der Waals surface area contributed by atoms with E-state index < -0.39 is 10.0 Å². The maximum Gasteiger partial charge on any atom is 0.266 e. The number of carbonyl (C=O) groups excluding carboxylic acids is 1. The van der Waals surface area contributed by atoms with Crippen LogP contribution in [0, 0.1) is 0 Å². The highest BCUT2D eigenvalue weighted by Crippen LogP contribution is 2.39. The zero-order chi connectivity index (χ0) is 28.3. The number of rotatable bonds is 9. The number of benzene rings is 4. The van der Waals surface area contributed by atoms with E-state index in [1.165, 1.54) is 30.5 Å². The average molecular weight is 594 g/mol. The van der Waals surface area contributed by atoms with Gasteiger partial charge in [-0.25, -0.2) is 13.4 Å². The predicted molar refractivity (Wildman–Crippen MR) is 160 cm³/mol. The average Bonchev–Trinajstić information content (AvgIpc) is 3.36. The number of aromatic nitrogens is 1. The second-order valence-corrected chi connectivity index (χ2v) is 11.8. The summed E-state index contributed by atoms with van der Waals surface area (Å²) in [4.78, 5) is 20.0. The van der Waals surface area contributed by atoms with Crippen LogP contribution < -0.4 is 19.1 Å². The molecular weight excluding hydrogens is 570 g/mol. The van der Waals surface area contributed by atoms with Gasteiger partial charge in [-0.05, 0) is 48.0 Å². The molecule has 0 saturated heterocycles. The van der Waals surface area contributed by atoms with Crippen molar-refractivity contribution in [1.82, 2.24) is 4.98 Å². The van der Waals surface area contributed by atoms with Gasteiger partial charge < -0.3 is 9.47 Å². The molecule has 0 aliphatic rings. The van der Waals surface area contributed by atoms with Crippen LogP contribution in [-0.2, 0) is 15.8 Å². The molecule has 0 radical (unpaired) electrons. The third-order valence-corrected chi connectivity index (χ3v) is 8.57. The number of nitrogens with zero attached hydrogens (tertiary/aromatic N) is 2. The van der Waals surface area contributed by atoms with Gasteiger partial charge in [0.25, 0.3) is 5.91 Å². The first kappa shape index (κ1) is 27.4. The van der Waals surface area contributed by atoms with E-state index in [2.05, 4.69) is 4.72 Å². The van der Waals surface area contributed by atoms with Gasteiger partial charge in [-0.1, -0.05) is 65.4 Å². The molecule has 5 aromatic rings. The van der Waals surface area contributed by atoms with E-state index in [0.29, 0.717) is 54.4 Å². The molecule has 0 saturated carbocycles. The molecule has 5 rings (SSSR count). The van der Waals surface area contributed by atoms with Crippen LogP contribution in [-0.4, -0.2) is 33.5 Å². The second kappa shape index (κ2) is 11.5. The zero-order valence-corrected chi connectivity index (χ0v) is 23.9. The van der Waals surface area contributed by atoms with Crippen LogP contribution in [0.5, 0.6) is 11.5 Å². The summed E-state index contributed by atoms with van der Waals surface area (Å²) in [6, 6.07) is 25.9. The summed E-state index contributed by atoms with van der Waals surface area (Å²) >= 11 is 7.63. The lowest BCUT2D eigenvalue weighted by Gasteiger charge is -2.22. The van der Waals surface area contributed by atoms with Gasteiger partial charge in [-0.3, -0.25) is 14.4 Å². The topological polar surface area (TPSA) is 97.8 Å². The first-order valence-electron chi connectivity index (χ1n) is 12.0. The molecule has 0 aliphatic heterocycles. The molecule has 1 aromatic heterocycles. The summed E-state index contributed by atoms with van der Waals surface area (Å²) in [7, 11) is -0.603. The van der Waals surface area contributed by atoms with Gasteiger partial charge in [-0.2, -0.15) is 0 Å². The fourth-order valence-corrected chi connectivity index (χ4v) is 6.55. The van der Waals surface area contributed by atoms with E-state index in [1.807, 2.05) is 6.07 Å². The smallest absolute Gasteiger partial charge is 0.266 e. The van der Waals surface area contributed by atoms with E-state index in [-0.39, 0.29) is 11.7 Å². The Morgan fingerprint density at radius 2 is 1.65 bits per heavy atom. The SMILES string of the molecule is COc1ccc(N(C(=O)c2ccccc2Cl)c2nc3ccc(NS(=O)(=O)Cc4ccccc4)cc3s2)cc1OC. The van der Waals surface area contributed by atoms with Crippen LogP contribution in [0.25, 0.3) is 10.2 Å². The molecule has 4 aromatic carbocycles. The van der Waals surface area contributed by atoms with Crippen molar-refractivity contribution in [2.45, 2.75) is 5.75 Å². The van der Waals surface area contributed by atoms with Gasteiger partial charge >= 0.3 is 0 Å². The Morgan fingerprint density at radius 3 is 2.38 bits per heavy atom. The molecule has 0 unspecified atom stereocenters. The van der Waals surface area contributed by atoms with E-state index >= 15 is 0 Å². The van der Waals surface area contributed by atoms with Crippen LogP contribution in [0.1, 0.15) is 15.9 Å². The fourth-order valence-electron chi connectivity index (χ4n) is 4.11. The minimum Gasteiger partial charge on any atom is -0.493 e. The number of sulfonamides is 1. The molecule has 0 aliphatic carbocycles. The van der Waals surface area contributed by atoms with Crippen molar-refractivity contribution in [2.75, 3.05) is 23.8 Å². The number of thiazole rings is 1.